The molecule has 6 heteroatoms. The first-order valence-electron chi connectivity index (χ1n) is 3.06. The minimum absolute atomic E-state index is 0. The average Bonchev–Trinajstić information content (AvgIpc) is 2.15. The molecule has 0 saturated heterocycles. The van der Waals surface area contributed by atoms with E-state index in [1.165, 1.54) is 11.1 Å². The van der Waals surface area contributed by atoms with Gasteiger partial charge in [-0.05, 0) is 0 Å². The van der Waals surface area contributed by atoms with Gasteiger partial charge in [0.25, 0.3) is 0 Å². The molecule has 0 spiro atoms. The van der Waals surface area contributed by atoms with Crippen LogP contribution in [0.1, 0.15) is 11.1 Å². The normalized spacial score (nSPS) is 7.15. The van der Waals surface area contributed by atoms with Gasteiger partial charge in [0.05, 0.1) is 0 Å². The molecule has 0 amide bonds. The van der Waals surface area contributed by atoms with E-state index in [2.05, 4.69) is 32.0 Å². The Morgan fingerprint density at radius 1 is 1.23 bits per heavy atom. The van der Waals surface area contributed by atoms with E-state index in [0.717, 1.165) is 0 Å². The molecule has 0 aliphatic carbocycles. The van der Waals surface area contributed by atoms with Crippen molar-refractivity contribution in [2.24, 2.45) is 0 Å². The van der Waals surface area contributed by atoms with Crippen LogP contribution in [0.5, 0.6) is 0 Å². The van der Waals surface area contributed by atoms with Gasteiger partial charge in [-0.15, -0.1) is 24.8 Å². The summed E-state index contributed by atoms with van der Waals surface area (Å²) in [7, 11) is 0. The van der Waals surface area contributed by atoms with Crippen LogP contribution in [0.25, 0.3) is 0 Å². The first-order chi connectivity index (χ1) is 5.04. The van der Waals surface area contributed by atoms with Crippen LogP contribution in [0.15, 0.2) is 18.2 Å². The van der Waals surface area contributed by atoms with Crippen LogP contribution in [-0.4, -0.2) is 0 Å². The van der Waals surface area contributed by atoms with E-state index in [1.54, 1.807) is 0 Å². The van der Waals surface area contributed by atoms with Crippen LogP contribution < -0.4 is 0 Å². The summed E-state index contributed by atoms with van der Waals surface area (Å²) in [4.78, 5) is 0. The Morgan fingerprint density at radius 2 is 1.62 bits per heavy atom. The van der Waals surface area contributed by atoms with Gasteiger partial charge in [0.2, 0.25) is 0 Å². The second-order valence-electron chi connectivity index (χ2n) is 2.11. The first kappa shape index (κ1) is 19.2. The Labute approximate surface area is 99.0 Å². The summed E-state index contributed by atoms with van der Waals surface area (Å²) in [6, 6.07) is 6.31. The predicted molar refractivity (Wildman–Crippen MR) is 49.3 cm³/mol. The molecule has 0 nitrogen and oxygen atoms in total. The Morgan fingerprint density at radius 3 is 1.69 bits per heavy atom. The molecule has 0 saturated carbocycles. The zero-order valence-electron chi connectivity index (χ0n) is 7.18. The molecule has 0 aliphatic rings. The van der Waals surface area contributed by atoms with Crippen LogP contribution in [0, 0.1) is 13.8 Å². The molecular weight excluding hydrogens is 303 g/mol. The van der Waals surface area contributed by atoms with Crippen molar-refractivity contribution in [2.45, 2.75) is 13.8 Å². The zero-order valence-corrected chi connectivity index (χ0v) is 11.3. The molecule has 0 aliphatic heterocycles. The molecule has 13 heavy (non-hydrogen) atoms. The fraction of sp³-hybridized carbons (Fsp3) is 0.286. The molecule has 0 heterocycles. The first-order valence-corrected chi connectivity index (χ1v) is 5.85. The molecule has 0 fully saturated rings. The number of halogens is 5. The second kappa shape index (κ2) is 10.7. The van der Waals surface area contributed by atoms with Gasteiger partial charge in [0.15, 0.2) is 0 Å². The molecule has 79 valence electrons. The number of hydrogen-bond acceptors (Lipinski definition) is 0. The SMILES string of the molecule is Cc1ccc[c-]1C.Cl.Cl.[F][Zr]([F])[F]. The topological polar surface area (TPSA) is 0 Å². The van der Waals surface area contributed by atoms with E-state index in [1.807, 2.05) is 0 Å². The monoisotopic (exact) mass is 312 g/mol. The molecule has 0 aromatic heterocycles. The van der Waals surface area contributed by atoms with E-state index >= 15 is 0 Å². The maximum atomic E-state index is 9.86. The zero-order chi connectivity index (χ0) is 8.85. The van der Waals surface area contributed by atoms with Crippen molar-refractivity contribution < 1.29 is 31.5 Å². The summed E-state index contributed by atoms with van der Waals surface area (Å²) < 4.78 is 29.6. The van der Waals surface area contributed by atoms with Gasteiger partial charge in [0, 0.05) is 0 Å². The van der Waals surface area contributed by atoms with Crippen molar-refractivity contribution >= 4 is 24.8 Å². The molecule has 0 unspecified atom stereocenters. The van der Waals surface area contributed by atoms with E-state index in [0.29, 0.717) is 0 Å². The Balaban J connectivity index is -0.000000150. The van der Waals surface area contributed by atoms with Crippen molar-refractivity contribution in [2.75, 3.05) is 0 Å². The van der Waals surface area contributed by atoms with Crippen LogP contribution in [0.3, 0.4) is 0 Å². The van der Waals surface area contributed by atoms with E-state index in [4.69, 9.17) is 0 Å². The summed E-state index contributed by atoms with van der Waals surface area (Å²) in [5, 5.41) is 0. The van der Waals surface area contributed by atoms with Crippen molar-refractivity contribution in [1.82, 2.24) is 0 Å². The van der Waals surface area contributed by atoms with Crippen LogP contribution in [0.4, 0.5) is 7.88 Å². The third-order valence-electron chi connectivity index (χ3n) is 1.31. The van der Waals surface area contributed by atoms with Crippen LogP contribution in [-0.2, 0) is 23.6 Å². The molecule has 1 rings (SSSR count). The second-order valence-corrected chi connectivity index (χ2v) is 3.16. The predicted octanol–water partition coefficient (Wildman–Crippen LogP) is 4.12. The molecule has 1 aromatic rings. The van der Waals surface area contributed by atoms with E-state index in [-0.39, 0.29) is 24.8 Å². The van der Waals surface area contributed by atoms with Crippen molar-refractivity contribution in [3.8, 4) is 0 Å². The van der Waals surface area contributed by atoms with Crippen LogP contribution >= 0.6 is 24.8 Å². The Kier molecular flexibility index (Phi) is 15.8. The summed E-state index contributed by atoms with van der Waals surface area (Å²) >= 11 is -5.04. The van der Waals surface area contributed by atoms with Crippen molar-refractivity contribution in [3.05, 3.63) is 29.3 Å². The fourth-order valence-electron chi connectivity index (χ4n) is 0.600. The average molecular weight is 314 g/mol. The Bertz CT molecular complexity index is 184. The molecule has 0 bridgehead atoms. The van der Waals surface area contributed by atoms with Gasteiger partial charge in [-0.25, -0.2) is 12.1 Å². The van der Waals surface area contributed by atoms with Gasteiger partial charge in [-0.3, -0.25) is 0 Å². The number of aryl methyl sites for hydroxylation is 2. The Hall–Kier alpha value is 0.603. The third-order valence-corrected chi connectivity index (χ3v) is 1.31. The fourth-order valence-corrected chi connectivity index (χ4v) is 0.600. The van der Waals surface area contributed by atoms with Gasteiger partial charge in [0.1, 0.15) is 0 Å². The molecule has 1 aromatic carbocycles. The quantitative estimate of drug-likeness (QED) is 0.632. The summed E-state index contributed by atoms with van der Waals surface area (Å²) in [5.74, 6) is 0. The summed E-state index contributed by atoms with van der Waals surface area (Å²) in [6.45, 7) is 4.24. The van der Waals surface area contributed by atoms with Gasteiger partial charge < -0.3 is 0 Å². The van der Waals surface area contributed by atoms with E-state index in [9.17, 15) is 7.88 Å². The van der Waals surface area contributed by atoms with Crippen molar-refractivity contribution in [1.29, 1.82) is 0 Å². The summed E-state index contributed by atoms with van der Waals surface area (Å²) in [6.07, 6.45) is 0. The maximum absolute atomic E-state index is 9.86. The number of hydrogen-bond donors (Lipinski definition) is 0. The molecule has 0 N–H and O–H groups in total. The third kappa shape index (κ3) is 12.6. The standard InChI is InChI=1S/C7H9.2ClH.3FH.Zr/c1-6-4-3-5-7(6)2;;;;;;/h3-5H,1-2H3;5*1H;/q-1;;;;;;+3/p-3. The summed E-state index contributed by atoms with van der Waals surface area (Å²) in [5.41, 5.74) is 2.78. The minimum atomic E-state index is -5.04. The molecular formula is C7H11Cl2F3Zr-. The van der Waals surface area contributed by atoms with E-state index < -0.39 is 23.6 Å². The van der Waals surface area contributed by atoms with Gasteiger partial charge in [-0.1, -0.05) is 13.8 Å². The molecule has 0 atom stereocenters. The van der Waals surface area contributed by atoms with Crippen molar-refractivity contribution in [3.63, 3.8) is 0 Å². The number of rotatable bonds is 0. The van der Waals surface area contributed by atoms with Gasteiger partial charge in [-0.2, -0.15) is 17.2 Å². The van der Waals surface area contributed by atoms with Crippen LogP contribution in [0.2, 0.25) is 0 Å². The molecule has 0 radical (unpaired) electrons. The van der Waals surface area contributed by atoms with Gasteiger partial charge >= 0.3 is 31.5 Å².